The third-order valence-electron chi connectivity index (χ3n) is 3.36. The first-order valence-corrected chi connectivity index (χ1v) is 7.36. The van der Waals surface area contributed by atoms with E-state index in [9.17, 15) is 0 Å². The Morgan fingerprint density at radius 2 is 1.75 bits per heavy atom. The van der Waals surface area contributed by atoms with Gasteiger partial charge in [0, 0.05) is 37.2 Å². The molecular formula is C13H19Cl5N2. The monoisotopic (exact) mass is 378 g/mol. The summed E-state index contributed by atoms with van der Waals surface area (Å²) < 4.78 is 0. The molecule has 2 rings (SSSR count). The van der Waals surface area contributed by atoms with Gasteiger partial charge >= 0.3 is 0 Å². The Kier molecular flexibility index (Phi) is 9.86. The lowest BCUT2D eigenvalue weighted by molar-refractivity contribution is 0.169. The molecule has 0 saturated carbocycles. The van der Waals surface area contributed by atoms with Gasteiger partial charge < -0.3 is 5.32 Å². The number of nitrogens with zero attached hydrogens (tertiary/aromatic N) is 1. The van der Waals surface area contributed by atoms with Crippen LogP contribution in [-0.4, -0.2) is 31.1 Å². The number of halogens is 5. The highest BCUT2D eigenvalue weighted by Gasteiger charge is 2.23. The molecule has 0 aliphatic carbocycles. The van der Waals surface area contributed by atoms with Crippen LogP contribution in [0.1, 0.15) is 24.9 Å². The number of hydrogen-bond donors (Lipinski definition) is 1. The van der Waals surface area contributed by atoms with E-state index in [2.05, 4.69) is 17.1 Å². The van der Waals surface area contributed by atoms with Crippen molar-refractivity contribution in [2.75, 3.05) is 26.2 Å². The molecule has 2 nitrogen and oxygen atoms in total. The van der Waals surface area contributed by atoms with Gasteiger partial charge in [0.05, 0.1) is 10.0 Å². The van der Waals surface area contributed by atoms with Crippen LogP contribution in [0.25, 0.3) is 0 Å². The first-order chi connectivity index (χ1) is 8.63. The predicted octanol–water partition coefficient (Wildman–Crippen LogP) is 4.85. The average Bonchev–Trinajstić information content (AvgIpc) is 2.37. The molecule has 0 amide bonds. The maximum atomic E-state index is 6.33. The number of rotatable bonds is 3. The molecule has 1 aliphatic rings. The Balaban J connectivity index is 0.00000180. The average molecular weight is 381 g/mol. The van der Waals surface area contributed by atoms with Gasteiger partial charge in [-0.2, -0.15) is 0 Å². The lowest BCUT2D eigenvalue weighted by atomic mass is 10.0. The summed E-state index contributed by atoms with van der Waals surface area (Å²) in [4.78, 5) is 2.43. The third-order valence-corrected chi connectivity index (χ3v) is 4.39. The van der Waals surface area contributed by atoms with Gasteiger partial charge in [-0.15, -0.1) is 24.8 Å². The minimum atomic E-state index is 0. The van der Waals surface area contributed by atoms with Crippen LogP contribution in [0, 0.1) is 0 Å². The van der Waals surface area contributed by atoms with Crippen LogP contribution in [0.4, 0.5) is 0 Å². The molecule has 1 aliphatic heterocycles. The molecule has 1 fully saturated rings. The van der Waals surface area contributed by atoms with Gasteiger partial charge in [-0.25, -0.2) is 0 Å². The molecule has 1 saturated heterocycles. The fraction of sp³-hybridized carbons (Fsp3) is 0.538. The maximum absolute atomic E-state index is 6.33. The summed E-state index contributed by atoms with van der Waals surface area (Å²) in [7, 11) is 0. The van der Waals surface area contributed by atoms with Gasteiger partial charge in [0.25, 0.3) is 0 Å². The molecule has 0 bridgehead atoms. The minimum absolute atomic E-state index is 0. The number of hydrogen-bond acceptors (Lipinski definition) is 2. The molecule has 0 spiro atoms. The molecule has 0 unspecified atom stereocenters. The standard InChI is InChI=1S/C13H17Cl3N2.2ClH/c1-2-12(18-5-3-17-4-6-18)10-7-9(14)8-11(15)13(10)16;;/h7-8,12,17H,2-6H2,1H3;2*1H/t12-;;/m0../s1. The summed E-state index contributed by atoms with van der Waals surface area (Å²) in [6, 6.07) is 3.92. The van der Waals surface area contributed by atoms with Gasteiger partial charge in [-0.05, 0) is 24.1 Å². The van der Waals surface area contributed by atoms with Crippen molar-refractivity contribution in [1.82, 2.24) is 10.2 Å². The first kappa shape index (κ1) is 20.6. The Morgan fingerprint density at radius 1 is 1.15 bits per heavy atom. The van der Waals surface area contributed by atoms with Gasteiger partial charge in [-0.3, -0.25) is 4.90 Å². The van der Waals surface area contributed by atoms with Crippen molar-refractivity contribution in [3.05, 3.63) is 32.8 Å². The molecule has 7 heteroatoms. The van der Waals surface area contributed by atoms with Gasteiger partial charge in [0.15, 0.2) is 0 Å². The van der Waals surface area contributed by atoms with Crippen LogP contribution in [-0.2, 0) is 0 Å². The zero-order valence-corrected chi connectivity index (χ0v) is 15.1. The van der Waals surface area contributed by atoms with Crippen molar-refractivity contribution >= 4 is 59.6 Å². The van der Waals surface area contributed by atoms with E-state index in [1.54, 1.807) is 6.07 Å². The number of nitrogens with one attached hydrogen (secondary N) is 1. The molecule has 1 heterocycles. The van der Waals surface area contributed by atoms with Crippen LogP contribution >= 0.6 is 59.6 Å². The highest BCUT2D eigenvalue weighted by atomic mass is 35.5. The smallest absolute Gasteiger partial charge is 0.0641 e. The fourth-order valence-electron chi connectivity index (χ4n) is 2.49. The maximum Gasteiger partial charge on any atom is 0.0641 e. The molecule has 1 atom stereocenters. The van der Waals surface area contributed by atoms with Crippen molar-refractivity contribution < 1.29 is 0 Å². The molecule has 116 valence electrons. The summed E-state index contributed by atoms with van der Waals surface area (Å²) in [5.74, 6) is 0. The van der Waals surface area contributed by atoms with E-state index in [1.165, 1.54) is 0 Å². The second-order valence-corrected chi connectivity index (χ2v) is 5.72. The number of piperazine rings is 1. The van der Waals surface area contributed by atoms with Crippen molar-refractivity contribution in [2.24, 2.45) is 0 Å². The summed E-state index contributed by atoms with van der Waals surface area (Å²) in [6.07, 6.45) is 0.996. The van der Waals surface area contributed by atoms with Crippen LogP contribution in [0.3, 0.4) is 0 Å². The second-order valence-electron chi connectivity index (χ2n) is 4.50. The van der Waals surface area contributed by atoms with Crippen LogP contribution in [0.2, 0.25) is 15.1 Å². The Morgan fingerprint density at radius 3 is 2.30 bits per heavy atom. The zero-order chi connectivity index (χ0) is 13.1. The second kappa shape index (κ2) is 9.58. The summed E-state index contributed by atoms with van der Waals surface area (Å²) in [6.45, 7) is 6.25. The molecule has 1 aromatic rings. The number of benzene rings is 1. The van der Waals surface area contributed by atoms with E-state index >= 15 is 0 Å². The highest BCUT2D eigenvalue weighted by Crippen LogP contribution is 2.37. The Bertz CT molecular complexity index is 421. The molecule has 1 N–H and O–H groups in total. The zero-order valence-electron chi connectivity index (χ0n) is 11.2. The van der Waals surface area contributed by atoms with Crippen molar-refractivity contribution in [3.63, 3.8) is 0 Å². The largest absolute Gasteiger partial charge is 0.314 e. The lowest BCUT2D eigenvalue weighted by Crippen LogP contribution is -2.45. The molecule has 0 radical (unpaired) electrons. The van der Waals surface area contributed by atoms with E-state index < -0.39 is 0 Å². The minimum Gasteiger partial charge on any atom is -0.314 e. The molecule has 0 aromatic heterocycles. The van der Waals surface area contributed by atoms with Crippen molar-refractivity contribution in [1.29, 1.82) is 0 Å². The summed E-state index contributed by atoms with van der Waals surface area (Å²) >= 11 is 18.5. The van der Waals surface area contributed by atoms with E-state index in [0.717, 1.165) is 38.2 Å². The summed E-state index contributed by atoms with van der Waals surface area (Å²) in [5.41, 5.74) is 1.04. The van der Waals surface area contributed by atoms with Crippen LogP contribution in [0.5, 0.6) is 0 Å². The van der Waals surface area contributed by atoms with Crippen LogP contribution < -0.4 is 5.32 Å². The van der Waals surface area contributed by atoms with Crippen molar-refractivity contribution in [3.8, 4) is 0 Å². The molecule has 20 heavy (non-hydrogen) atoms. The van der Waals surface area contributed by atoms with E-state index in [0.29, 0.717) is 15.1 Å². The third kappa shape index (κ3) is 4.81. The van der Waals surface area contributed by atoms with E-state index in [4.69, 9.17) is 34.8 Å². The van der Waals surface area contributed by atoms with Crippen molar-refractivity contribution in [2.45, 2.75) is 19.4 Å². The molecular weight excluding hydrogens is 361 g/mol. The fourth-order valence-corrected chi connectivity index (χ4v) is 3.23. The molecule has 1 aromatic carbocycles. The van der Waals surface area contributed by atoms with Gasteiger partial charge in [0.1, 0.15) is 0 Å². The van der Waals surface area contributed by atoms with E-state index in [-0.39, 0.29) is 30.9 Å². The Hall–Kier alpha value is 0.590. The first-order valence-electron chi connectivity index (χ1n) is 6.22. The normalized spacial score (nSPS) is 17.0. The van der Waals surface area contributed by atoms with Gasteiger partial charge in [0.2, 0.25) is 0 Å². The lowest BCUT2D eigenvalue weighted by Gasteiger charge is -2.35. The van der Waals surface area contributed by atoms with Gasteiger partial charge in [-0.1, -0.05) is 41.7 Å². The quantitative estimate of drug-likeness (QED) is 0.755. The Labute approximate surface area is 148 Å². The topological polar surface area (TPSA) is 15.3 Å². The predicted molar refractivity (Wildman–Crippen MR) is 93.4 cm³/mol. The summed E-state index contributed by atoms with van der Waals surface area (Å²) in [5, 5.41) is 5.17. The van der Waals surface area contributed by atoms with Crippen LogP contribution in [0.15, 0.2) is 12.1 Å². The highest BCUT2D eigenvalue weighted by molar-refractivity contribution is 6.43. The SMILES string of the molecule is CC[C@@H](c1cc(Cl)cc(Cl)c1Cl)N1CCNCC1.Cl.Cl. The van der Waals surface area contributed by atoms with E-state index in [1.807, 2.05) is 6.07 Å².